The molecule has 8 heteroatoms. The SMILES string of the molecule is Cc1nc2ccccn2c1/C(O)=C1\C(=O)C(=O)N(CCN(C)C)[C@@H]1c1ccc(Br)cc1. The lowest BCUT2D eigenvalue weighted by Crippen LogP contribution is -2.35. The first kappa shape index (κ1) is 21.3. The van der Waals surface area contributed by atoms with E-state index in [1.165, 1.54) is 4.90 Å². The second kappa shape index (κ2) is 8.28. The van der Waals surface area contributed by atoms with Crippen LogP contribution in [0.25, 0.3) is 11.4 Å². The molecule has 0 radical (unpaired) electrons. The van der Waals surface area contributed by atoms with Crippen LogP contribution in [-0.2, 0) is 9.59 Å². The van der Waals surface area contributed by atoms with Crippen molar-refractivity contribution in [3.05, 3.63) is 75.7 Å². The van der Waals surface area contributed by atoms with Crippen molar-refractivity contribution in [3.63, 3.8) is 0 Å². The first-order valence-electron chi connectivity index (χ1n) is 9.92. The summed E-state index contributed by atoms with van der Waals surface area (Å²) in [6.07, 6.45) is 1.78. The molecular weight excluding hydrogens is 460 g/mol. The number of imidazole rings is 1. The normalized spacial score (nSPS) is 18.5. The van der Waals surface area contributed by atoms with E-state index >= 15 is 0 Å². The maximum atomic E-state index is 13.1. The molecule has 7 nitrogen and oxygen atoms in total. The van der Waals surface area contributed by atoms with Crippen molar-refractivity contribution in [2.75, 3.05) is 27.2 Å². The van der Waals surface area contributed by atoms with Gasteiger partial charge in [-0.25, -0.2) is 4.98 Å². The number of aromatic nitrogens is 2. The number of hydrogen-bond acceptors (Lipinski definition) is 5. The molecular formula is C23H23BrN4O3. The van der Waals surface area contributed by atoms with Gasteiger partial charge in [0.1, 0.15) is 11.3 Å². The van der Waals surface area contributed by atoms with E-state index in [0.717, 1.165) is 10.0 Å². The number of Topliss-reactive ketones (excluding diaryl/α,β-unsaturated/α-hetero) is 1. The Labute approximate surface area is 188 Å². The highest BCUT2D eigenvalue weighted by Crippen LogP contribution is 2.40. The molecule has 0 saturated carbocycles. The van der Waals surface area contributed by atoms with E-state index in [1.807, 2.05) is 61.5 Å². The molecule has 160 valence electrons. The molecule has 0 spiro atoms. The molecule has 0 bridgehead atoms. The van der Waals surface area contributed by atoms with Crippen molar-refractivity contribution in [1.82, 2.24) is 19.2 Å². The lowest BCUT2D eigenvalue weighted by atomic mass is 9.96. The lowest BCUT2D eigenvalue weighted by molar-refractivity contribution is -0.140. The molecule has 2 aromatic heterocycles. The Hall–Kier alpha value is -2.97. The number of aryl methyl sites for hydroxylation is 1. The molecule has 1 saturated heterocycles. The molecule has 1 aromatic carbocycles. The highest BCUT2D eigenvalue weighted by atomic mass is 79.9. The predicted octanol–water partition coefficient (Wildman–Crippen LogP) is 3.39. The second-order valence-electron chi connectivity index (χ2n) is 7.82. The third kappa shape index (κ3) is 3.77. The van der Waals surface area contributed by atoms with E-state index in [0.29, 0.717) is 30.1 Å². The maximum absolute atomic E-state index is 13.1. The first-order valence-corrected chi connectivity index (χ1v) is 10.7. The summed E-state index contributed by atoms with van der Waals surface area (Å²) in [6, 6.07) is 12.3. The highest BCUT2D eigenvalue weighted by Gasteiger charge is 2.46. The Bertz CT molecular complexity index is 1200. The van der Waals surface area contributed by atoms with Crippen LogP contribution >= 0.6 is 15.9 Å². The number of carbonyl (C=O) groups excluding carboxylic acids is 2. The molecule has 0 unspecified atom stereocenters. The third-order valence-electron chi connectivity index (χ3n) is 5.44. The first-order chi connectivity index (χ1) is 14.8. The fraction of sp³-hybridized carbons (Fsp3) is 0.261. The van der Waals surface area contributed by atoms with Gasteiger partial charge in [0, 0.05) is 23.8 Å². The van der Waals surface area contributed by atoms with Crippen LogP contribution < -0.4 is 0 Å². The minimum absolute atomic E-state index is 0.0832. The summed E-state index contributed by atoms with van der Waals surface area (Å²) >= 11 is 3.43. The van der Waals surface area contributed by atoms with Crippen LogP contribution in [0.5, 0.6) is 0 Å². The Morgan fingerprint density at radius 1 is 1.16 bits per heavy atom. The number of aliphatic hydroxyl groups excluding tert-OH is 1. The molecule has 1 aliphatic rings. The fourth-order valence-corrected chi connectivity index (χ4v) is 4.20. The number of ketones is 1. The lowest BCUT2D eigenvalue weighted by Gasteiger charge is -2.26. The molecule has 1 atom stereocenters. The number of carbonyl (C=O) groups is 2. The second-order valence-corrected chi connectivity index (χ2v) is 8.74. The predicted molar refractivity (Wildman–Crippen MR) is 122 cm³/mol. The Morgan fingerprint density at radius 3 is 2.55 bits per heavy atom. The van der Waals surface area contributed by atoms with Gasteiger partial charge in [0.25, 0.3) is 11.7 Å². The van der Waals surface area contributed by atoms with Crippen molar-refractivity contribution < 1.29 is 14.7 Å². The van der Waals surface area contributed by atoms with Gasteiger partial charge >= 0.3 is 0 Å². The zero-order valence-corrected chi connectivity index (χ0v) is 19.1. The van der Waals surface area contributed by atoms with E-state index in [2.05, 4.69) is 20.9 Å². The molecule has 31 heavy (non-hydrogen) atoms. The minimum atomic E-state index is -0.686. The van der Waals surface area contributed by atoms with Crippen LogP contribution in [0.2, 0.25) is 0 Å². The summed E-state index contributed by atoms with van der Waals surface area (Å²) in [7, 11) is 3.82. The van der Waals surface area contributed by atoms with Crippen molar-refractivity contribution in [3.8, 4) is 0 Å². The summed E-state index contributed by atoms with van der Waals surface area (Å²) in [6.45, 7) is 2.73. The van der Waals surface area contributed by atoms with Crippen LogP contribution in [0.15, 0.2) is 58.7 Å². The van der Waals surface area contributed by atoms with E-state index in [-0.39, 0.29) is 11.3 Å². The Morgan fingerprint density at radius 2 is 1.87 bits per heavy atom. The summed E-state index contributed by atoms with van der Waals surface area (Å²) in [5.41, 5.74) is 2.50. The van der Waals surface area contributed by atoms with Crippen molar-refractivity contribution >= 4 is 39.0 Å². The number of aliphatic hydroxyl groups is 1. The molecule has 4 rings (SSSR count). The third-order valence-corrected chi connectivity index (χ3v) is 5.97. The standard InChI is InChI=1S/C23H23BrN4O3/c1-14-19(27-11-5-4-6-17(27)25-14)21(29)18-20(15-7-9-16(24)10-8-15)28(13-12-26(2)3)23(31)22(18)30/h4-11,20,29H,12-13H2,1-3H3/b21-18+/t20-/m1/s1. The molecule has 0 aliphatic carbocycles. The number of halogens is 1. The van der Waals surface area contributed by atoms with Crippen LogP contribution in [0.1, 0.15) is 23.0 Å². The van der Waals surface area contributed by atoms with Gasteiger partial charge in [0.15, 0.2) is 5.76 Å². The Kier molecular flexibility index (Phi) is 5.68. The van der Waals surface area contributed by atoms with Crippen LogP contribution in [-0.4, -0.2) is 63.2 Å². The van der Waals surface area contributed by atoms with Gasteiger partial charge in [-0.15, -0.1) is 0 Å². The van der Waals surface area contributed by atoms with E-state index < -0.39 is 17.7 Å². The zero-order chi connectivity index (χ0) is 22.3. The summed E-state index contributed by atoms with van der Waals surface area (Å²) < 4.78 is 2.62. The van der Waals surface area contributed by atoms with Crippen molar-refractivity contribution in [2.45, 2.75) is 13.0 Å². The quantitative estimate of drug-likeness (QED) is 0.342. The average Bonchev–Trinajstić information content (AvgIpc) is 3.20. The topological polar surface area (TPSA) is 78.1 Å². The monoisotopic (exact) mass is 482 g/mol. The number of pyridine rings is 1. The molecule has 1 aliphatic heterocycles. The minimum Gasteiger partial charge on any atom is -0.505 e. The number of rotatable bonds is 5. The van der Waals surface area contributed by atoms with E-state index in [4.69, 9.17) is 0 Å². The molecule has 3 aromatic rings. The number of benzene rings is 1. The molecule has 1 amide bonds. The van der Waals surface area contributed by atoms with E-state index in [1.54, 1.807) is 17.5 Å². The number of amides is 1. The van der Waals surface area contributed by atoms with Crippen molar-refractivity contribution in [2.24, 2.45) is 0 Å². The van der Waals surface area contributed by atoms with Gasteiger partial charge in [0.2, 0.25) is 0 Å². The smallest absolute Gasteiger partial charge is 0.295 e. The molecule has 1 N–H and O–H groups in total. The zero-order valence-electron chi connectivity index (χ0n) is 17.5. The highest BCUT2D eigenvalue weighted by molar-refractivity contribution is 9.10. The van der Waals surface area contributed by atoms with Crippen LogP contribution in [0.3, 0.4) is 0 Å². The van der Waals surface area contributed by atoms with Crippen LogP contribution in [0, 0.1) is 6.92 Å². The fourth-order valence-electron chi connectivity index (χ4n) is 3.94. The largest absolute Gasteiger partial charge is 0.505 e. The number of hydrogen-bond donors (Lipinski definition) is 1. The van der Waals surface area contributed by atoms with Gasteiger partial charge in [-0.3, -0.25) is 14.0 Å². The number of fused-ring (bicyclic) bond motifs is 1. The summed E-state index contributed by atoms with van der Waals surface area (Å²) in [5.74, 6) is -1.51. The number of nitrogens with zero attached hydrogens (tertiary/aromatic N) is 4. The van der Waals surface area contributed by atoms with Crippen LogP contribution in [0.4, 0.5) is 0 Å². The van der Waals surface area contributed by atoms with Gasteiger partial charge in [0.05, 0.1) is 17.3 Å². The van der Waals surface area contributed by atoms with Gasteiger partial charge < -0.3 is 14.9 Å². The van der Waals surface area contributed by atoms with Crippen molar-refractivity contribution in [1.29, 1.82) is 0 Å². The number of likely N-dealkylation sites (tertiary alicyclic amines) is 1. The molecule has 3 heterocycles. The number of likely N-dealkylation sites (N-methyl/N-ethyl adjacent to an activating group) is 1. The maximum Gasteiger partial charge on any atom is 0.295 e. The molecule has 1 fully saturated rings. The van der Waals surface area contributed by atoms with Gasteiger partial charge in [-0.2, -0.15) is 0 Å². The Balaban J connectivity index is 1.92. The van der Waals surface area contributed by atoms with Gasteiger partial charge in [-0.1, -0.05) is 34.1 Å². The van der Waals surface area contributed by atoms with Gasteiger partial charge in [-0.05, 0) is 50.8 Å². The summed E-state index contributed by atoms with van der Waals surface area (Å²) in [5, 5.41) is 11.4. The van der Waals surface area contributed by atoms with E-state index in [9.17, 15) is 14.7 Å². The average molecular weight is 483 g/mol. The summed E-state index contributed by atoms with van der Waals surface area (Å²) in [4.78, 5) is 34.1.